The molecule has 0 spiro atoms. The van der Waals surface area contributed by atoms with Crippen molar-refractivity contribution in [2.75, 3.05) is 0 Å². The summed E-state index contributed by atoms with van der Waals surface area (Å²) in [6.45, 7) is 0. The van der Waals surface area contributed by atoms with Gasteiger partial charge in [0.1, 0.15) is 11.9 Å². The molecule has 4 heteroatoms. The molecular weight excluding hydrogens is 353 g/mol. The molecule has 0 aliphatic heterocycles. The molecule has 28 heavy (non-hydrogen) atoms. The van der Waals surface area contributed by atoms with Crippen molar-refractivity contribution in [1.82, 2.24) is 0 Å². The van der Waals surface area contributed by atoms with Crippen molar-refractivity contribution in [2.24, 2.45) is 11.8 Å². The Bertz CT molecular complexity index is 690. The third kappa shape index (κ3) is 5.92. The molecule has 0 saturated heterocycles. The lowest BCUT2D eigenvalue weighted by Crippen LogP contribution is -2.29. The van der Waals surface area contributed by atoms with Crippen LogP contribution in [0.15, 0.2) is 36.4 Å². The van der Waals surface area contributed by atoms with E-state index in [1.165, 1.54) is 17.7 Å². The maximum atomic E-state index is 13.1. The number of carbonyl (C=O) groups is 1. The van der Waals surface area contributed by atoms with Crippen molar-refractivity contribution in [3.63, 3.8) is 0 Å². The number of halogens is 1. The summed E-state index contributed by atoms with van der Waals surface area (Å²) in [6, 6.07) is 8.80. The standard InChI is InChI=1S/C24H30FNO2/c25-22-13-11-20(12-14-22)19-7-9-21(10-8-19)24(27)28-23-15-5-18(6-16-23)4-2-1-3-17-26/h1,3,11-14,18-19,21,23H,2,4-10,15-16H2/b3-1+/t18?,19-,21-,23?. The average molecular weight is 384 g/mol. The van der Waals surface area contributed by atoms with Gasteiger partial charge in [-0.05, 0) is 93.7 Å². The van der Waals surface area contributed by atoms with Gasteiger partial charge < -0.3 is 4.74 Å². The molecule has 2 aliphatic rings. The summed E-state index contributed by atoms with van der Waals surface area (Å²) in [6.07, 6.45) is 13.4. The normalized spacial score (nSPS) is 28.0. The van der Waals surface area contributed by atoms with Crippen LogP contribution in [0.2, 0.25) is 0 Å². The molecule has 0 N–H and O–H groups in total. The number of allylic oxidation sites excluding steroid dienone is 2. The Morgan fingerprint density at radius 2 is 1.75 bits per heavy atom. The highest BCUT2D eigenvalue weighted by molar-refractivity contribution is 5.72. The zero-order valence-electron chi connectivity index (χ0n) is 16.5. The summed E-state index contributed by atoms with van der Waals surface area (Å²) < 4.78 is 18.9. The number of ether oxygens (including phenoxy) is 1. The van der Waals surface area contributed by atoms with Crippen molar-refractivity contribution >= 4 is 5.97 Å². The SMILES string of the molecule is N#C/C=C/CCC1CCC(OC(=O)[C@H]2CC[C@H](c3ccc(F)cc3)CC2)CC1. The molecule has 2 fully saturated rings. The Morgan fingerprint density at radius 1 is 1.07 bits per heavy atom. The van der Waals surface area contributed by atoms with E-state index >= 15 is 0 Å². The second-order valence-corrected chi connectivity index (χ2v) is 8.29. The minimum atomic E-state index is -0.200. The van der Waals surface area contributed by atoms with E-state index in [0.717, 1.165) is 64.2 Å². The van der Waals surface area contributed by atoms with Crippen LogP contribution < -0.4 is 0 Å². The van der Waals surface area contributed by atoms with Gasteiger partial charge in [-0.25, -0.2) is 4.39 Å². The lowest BCUT2D eigenvalue weighted by molar-refractivity contribution is -0.157. The number of esters is 1. The highest BCUT2D eigenvalue weighted by Crippen LogP contribution is 2.37. The number of benzene rings is 1. The van der Waals surface area contributed by atoms with Gasteiger partial charge in [0.05, 0.1) is 12.0 Å². The summed E-state index contributed by atoms with van der Waals surface area (Å²) in [7, 11) is 0. The van der Waals surface area contributed by atoms with E-state index in [4.69, 9.17) is 10.00 Å². The van der Waals surface area contributed by atoms with E-state index in [1.54, 1.807) is 6.08 Å². The molecule has 0 heterocycles. The highest BCUT2D eigenvalue weighted by atomic mass is 19.1. The topological polar surface area (TPSA) is 50.1 Å². The Hall–Kier alpha value is -2.15. The van der Waals surface area contributed by atoms with E-state index in [9.17, 15) is 9.18 Å². The summed E-state index contributed by atoms with van der Waals surface area (Å²) in [5.41, 5.74) is 1.18. The van der Waals surface area contributed by atoms with E-state index < -0.39 is 0 Å². The molecular formula is C24H30FNO2. The highest BCUT2D eigenvalue weighted by Gasteiger charge is 2.31. The number of hydrogen-bond acceptors (Lipinski definition) is 3. The molecule has 1 aromatic carbocycles. The van der Waals surface area contributed by atoms with Gasteiger partial charge in [0.2, 0.25) is 0 Å². The summed E-state index contributed by atoms with van der Waals surface area (Å²) in [4.78, 5) is 12.6. The molecule has 0 radical (unpaired) electrons. The van der Waals surface area contributed by atoms with Gasteiger partial charge in [0.25, 0.3) is 0 Å². The van der Waals surface area contributed by atoms with Crippen LogP contribution in [0.1, 0.15) is 75.7 Å². The van der Waals surface area contributed by atoms with Crippen LogP contribution in [0.5, 0.6) is 0 Å². The van der Waals surface area contributed by atoms with Crippen molar-refractivity contribution in [3.8, 4) is 6.07 Å². The fourth-order valence-electron chi connectivity index (χ4n) is 4.66. The summed E-state index contributed by atoms with van der Waals surface area (Å²) >= 11 is 0. The van der Waals surface area contributed by atoms with Crippen LogP contribution in [0.4, 0.5) is 4.39 Å². The lowest BCUT2D eigenvalue weighted by Gasteiger charge is -2.31. The van der Waals surface area contributed by atoms with Gasteiger partial charge in [-0.15, -0.1) is 0 Å². The molecule has 0 atom stereocenters. The van der Waals surface area contributed by atoms with Gasteiger partial charge in [-0.3, -0.25) is 4.79 Å². The van der Waals surface area contributed by atoms with E-state index in [1.807, 2.05) is 24.3 Å². The van der Waals surface area contributed by atoms with Crippen LogP contribution in [-0.4, -0.2) is 12.1 Å². The number of hydrogen-bond donors (Lipinski definition) is 0. The molecule has 1 aromatic rings. The minimum absolute atomic E-state index is 0.0158. The average Bonchev–Trinajstić information content (AvgIpc) is 2.73. The van der Waals surface area contributed by atoms with Crippen molar-refractivity contribution < 1.29 is 13.9 Å². The van der Waals surface area contributed by atoms with E-state index in [2.05, 4.69) is 0 Å². The van der Waals surface area contributed by atoms with Crippen molar-refractivity contribution in [3.05, 3.63) is 47.8 Å². The Kier molecular flexibility index (Phi) is 7.65. The van der Waals surface area contributed by atoms with Crippen molar-refractivity contribution in [2.45, 2.75) is 76.2 Å². The third-order valence-electron chi connectivity index (χ3n) is 6.41. The van der Waals surface area contributed by atoms with Gasteiger partial charge in [0, 0.05) is 6.08 Å². The second kappa shape index (κ2) is 10.4. The quantitative estimate of drug-likeness (QED) is 0.443. The third-order valence-corrected chi connectivity index (χ3v) is 6.41. The monoisotopic (exact) mass is 383 g/mol. The largest absolute Gasteiger partial charge is 0.462 e. The zero-order valence-corrected chi connectivity index (χ0v) is 16.5. The molecule has 0 amide bonds. The van der Waals surface area contributed by atoms with Crippen LogP contribution in [0, 0.1) is 29.0 Å². The lowest BCUT2D eigenvalue weighted by atomic mass is 9.78. The number of carbonyl (C=O) groups excluding carboxylic acids is 1. The van der Waals surface area contributed by atoms with Crippen LogP contribution in [0.3, 0.4) is 0 Å². The first kappa shape index (κ1) is 20.6. The predicted octanol–water partition coefficient (Wildman–Crippen LogP) is 6.06. The summed E-state index contributed by atoms with van der Waals surface area (Å²) in [5.74, 6) is 0.914. The maximum absolute atomic E-state index is 13.1. The smallest absolute Gasteiger partial charge is 0.309 e. The fraction of sp³-hybridized carbons (Fsp3) is 0.583. The number of nitrogens with zero attached hydrogens (tertiary/aromatic N) is 1. The van der Waals surface area contributed by atoms with Gasteiger partial charge in [-0.1, -0.05) is 18.2 Å². The summed E-state index contributed by atoms with van der Waals surface area (Å²) in [5, 5.41) is 8.51. The Labute approximate surface area is 167 Å². The maximum Gasteiger partial charge on any atom is 0.309 e. The van der Waals surface area contributed by atoms with Crippen LogP contribution in [0.25, 0.3) is 0 Å². The predicted molar refractivity (Wildman–Crippen MR) is 107 cm³/mol. The molecule has 3 rings (SSSR count). The molecule has 3 nitrogen and oxygen atoms in total. The van der Waals surface area contributed by atoms with Crippen molar-refractivity contribution in [1.29, 1.82) is 5.26 Å². The molecule has 0 unspecified atom stereocenters. The fourth-order valence-corrected chi connectivity index (χ4v) is 4.66. The first-order valence-electron chi connectivity index (χ1n) is 10.7. The first-order valence-corrected chi connectivity index (χ1v) is 10.7. The number of nitriles is 1. The molecule has 0 aromatic heterocycles. The molecule has 0 bridgehead atoms. The molecule has 2 saturated carbocycles. The Balaban J connectivity index is 1.36. The van der Waals surface area contributed by atoms with Gasteiger partial charge >= 0.3 is 5.97 Å². The van der Waals surface area contributed by atoms with Crippen LogP contribution >= 0.6 is 0 Å². The molecule has 150 valence electrons. The zero-order chi connectivity index (χ0) is 19.8. The van der Waals surface area contributed by atoms with Crippen LogP contribution in [-0.2, 0) is 9.53 Å². The Morgan fingerprint density at radius 3 is 2.39 bits per heavy atom. The van der Waals surface area contributed by atoms with Gasteiger partial charge in [-0.2, -0.15) is 5.26 Å². The molecule has 2 aliphatic carbocycles. The second-order valence-electron chi connectivity index (χ2n) is 8.29. The van der Waals surface area contributed by atoms with E-state index in [-0.39, 0.29) is 23.8 Å². The van der Waals surface area contributed by atoms with Gasteiger partial charge in [0.15, 0.2) is 0 Å². The number of rotatable bonds is 6. The first-order chi connectivity index (χ1) is 13.7. The minimum Gasteiger partial charge on any atom is -0.462 e. The van der Waals surface area contributed by atoms with E-state index in [0.29, 0.717) is 11.8 Å².